The van der Waals surface area contributed by atoms with Crippen molar-refractivity contribution in [3.05, 3.63) is 33.8 Å². The molecule has 1 aromatic carbocycles. The summed E-state index contributed by atoms with van der Waals surface area (Å²) < 4.78 is 5.98. The molecule has 0 radical (unpaired) electrons. The van der Waals surface area contributed by atoms with Gasteiger partial charge >= 0.3 is 5.97 Å². The van der Waals surface area contributed by atoms with Crippen LogP contribution < -0.4 is 0 Å². The van der Waals surface area contributed by atoms with Gasteiger partial charge in [0.05, 0.1) is 22.9 Å². The van der Waals surface area contributed by atoms with Gasteiger partial charge in [0.1, 0.15) is 0 Å². The van der Waals surface area contributed by atoms with Crippen LogP contribution in [0.2, 0.25) is 0 Å². The fourth-order valence-corrected chi connectivity index (χ4v) is 3.34. The summed E-state index contributed by atoms with van der Waals surface area (Å²) in [6, 6.07) is 6.14. The second-order valence-corrected chi connectivity index (χ2v) is 6.40. The molecule has 0 aliphatic rings. The lowest BCUT2D eigenvalue weighted by Crippen LogP contribution is -2.06. The van der Waals surface area contributed by atoms with Crippen LogP contribution in [-0.2, 0) is 9.53 Å². The van der Waals surface area contributed by atoms with Crippen molar-refractivity contribution in [2.45, 2.75) is 25.8 Å². The second-order valence-electron chi connectivity index (χ2n) is 4.49. The predicted molar refractivity (Wildman–Crippen MR) is 86.3 cm³/mol. The molecule has 0 saturated carbocycles. The van der Waals surface area contributed by atoms with Crippen molar-refractivity contribution in [2.24, 2.45) is 0 Å². The lowest BCUT2D eigenvalue weighted by molar-refractivity contribution is -0.139. The van der Waals surface area contributed by atoms with E-state index in [4.69, 9.17) is 4.74 Å². The number of hydrogen-bond donors (Lipinski definition) is 0. The van der Waals surface area contributed by atoms with Crippen molar-refractivity contribution >= 4 is 44.6 Å². The molecule has 0 fully saturated rings. The molecule has 0 aliphatic heterocycles. The van der Waals surface area contributed by atoms with Crippen LogP contribution in [0.1, 0.15) is 18.1 Å². The molecule has 0 amide bonds. The van der Waals surface area contributed by atoms with E-state index >= 15 is 0 Å². The number of carbonyl (C=O) groups is 1. The van der Waals surface area contributed by atoms with E-state index < -0.39 is 0 Å². The smallest absolute Gasteiger partial charge is 0.316 e. The minimum atomic E-state index is -0.204. The van der Waals surface area contributed by atoms with Gasteiger partial charge in [-0.15, -0.1) is 0 Å². The summed E-state index contributed by atoms with van der Waals surface area (Å²) in [6.07, 6.45) is 0. The van der Waals surface area contributed by atoms with Crippen LogP contribution in [0.25, 0.3) is 10.9 Å². The molecular formula is C15H16BrNO2S. The third-order valence-electron chi connectivity index (χ3n) is 2.90. The highest BCUT2D eigenvalue weighted by Gasteiger charge is 2.09. The van der Waals surface area contributed by atoms with Gasteiger partial charge in [-0.2, -0.15) is 0 Å². The number of aryl methyl sites for hydroxylation is 2. The standard InChI is InChI=1S/C15H16BrNO2S/c1-4-19-14(18)8-20-13-6-9(2)12-7-11(16)5-10(3)15(12)17-13/h5-7H,4,8H2,1-3H3. The third-order valence-corrected chi connectivity index (χ3v) is 4.24. The molecule has 0 atom stereocenters. The van der Waals surface area contributed by atoms with Crippen LogP contribution in [0.3, 0.4) is 0 Å². The molecule has 2 rings (SSSR count). The minimum absolute atomic E-state index is 0.204. The predicted octanol–water partition coefficient (Wildman–Crippen LogP) is 4.27. The Hall–Kier alpha value is -1.07. The highest BCUT2D eigenvalue weighted by molar-refractivity contribution is 9.10. The number of thioether (sulfide) groups is 1. The van der Waals surface area contributed by atoms with Crippen molar-refractivity contribution in [2.75, 3.05) is 12.4 Å². The normalized spacial score (nSPS) is 10.8. The van der Waals surface area contributed by atoms with Gasteiger partial charge in [0.15, 0.2) is 0 Å². The zero-order chi connectivity index (χ0) is 14.7. The number of nitrogens with zero attached hydrogens (tertiary/aromatic N) is 1. The molecule has 0 unspecified atom stereocenters. The van der Waals surface area contributed by atoms with Crippen LogP contribution in [0, 0.1) is 13.8 Å². The highest BCUT2D eigenvalue weighted by atomic mass is 79.9. The molecule has 20 heavy (non-hydrogen) atoms. The Bertz CT molecular complexity index is 658. The van der Waals surface area contributed by atoms with Gasteiger partial charge < -0.3 is 4.74 Å². The molecule has 3 nitrogen and oxygen atoms in total. The SMILES string of the molecule is CCOC(=O)CSc1cc(C)c2cc(Br)cc(C)c2n1. The maximum Gasteiger partial charge on any atom is 0.316 e. The van der Waals surface area contributed by atoms with E-state index in [0.717, 1.165) is 31.5 Å². The van der Waals surface area contributed by atoms with Gasteiger partial charge in [-0.1, -0.05) is 27.7 Å². The summed E-state index contributed by atoms with van der Waals surface area (Å²) in [4.78, 5) is 16.0. The molecule has 0 aliphatic carbocycles. The van der Waals surface area contributed by atoms with E-state index in [1.807, 2.05) is 19.9 Å². The molecule has 2 aromatic rings. The van der Waals surface area contributed by atoms with E-state index in [1.165, 1.54) is 11.8 Å². The van der Waals surface area contributed by atoms with E-state index in [0.29, 0.717) is 12.4 Å². The number of rotatable bonds is 4. The monoisotopic (exact) mass is 353 g/mol. The quantitative estimate of drug-likeness (QED) is 0.607. The Labute approximate surface area is 131 Å². The fraction of sp³-hybridized carbons (Fsp3) is 0.333. The topological polar surface area (TPSA) is 39.2 Å². The van der Waals surface area contributed by atoms with E-state index in [1.54, 1.807) is 0 Å². The van der Waals surface area contributed by atoms with Crippen molar-refractivity contribution < 1.29 is 9.53 Å². The molecule has 0 spiro atoms. The van der Waals surface area contributed by atoms with Crippen LogP contribution in [0.15, 0.2) is 27.7 Å². The van der Waals surface area contributed by atoms with Gasteiger partial charge in [-0.25, -0.2) is 4.98 Å². The Morgan fingerprint density at radius 2 is 2.05 bits per heavy atom. The van der Waals surface area contributed by atoms with Crippen molar-refractivity contribution in [3.8, 4) is 0 Å². The first-order valence-corrected chi connectivity index (χ1v) is 8.15. The molecule has 0 N–H and O–H groups in total. The molecule has 106 valence electrons. The number of aromatic nitrogens is 1. The summed E-state index contributed by atoms with van der Waals surface area (Å²) in [7, 11) is 0. The molecule has 0 saturated heterocycles. The van der Waals surface area contributed by atoms with Gasteiger partial charge in [0, 0.05) is 9.86 Å². The first kappa shape index (κ1) is 15.3. The molecule has 1 aromatic heterocycles. The Balaban J connectivity index is 2.30. The van der Waals surface area contributed by atoms with Gasteiger partial charge in [-0.05, 0) is 50.1 Å². The number of benzene rings is 1. The summed E-state index contributed by atoms with van der Waals surface area (Å²) >= 11 is 4.92. The van der Waals surface area contributed by atoms with Gasteiger partial charge in [-0.3, -0.25) is 4.79 Å². The molecule has 0 bridgehead atoms. The van der Waals surface area contributed by atoms with Crippen LogP contribution in [-0.4, -0.2) is 23.3 Å². The number of fused-ring (bicyclic) bond motifs is 1. The third kappa shape index (κ3) is 3.52. The Morgan fingerprint density at radius 3 is 2.75 bits per heavy atom. The van der Waals surface area contributed by atoms with Crippen molar-refractivity contribution in [3.63, 3.8) is 0 Å². The average molecular weight is 354 g/mol. The first-order valence-electron chi connectivity index (χ1n) is 6.37. The van der Waals surface area contributed by atoms with E-state index in [-0.39, 0.29) is 5.97 Å². The van der Waals surface area contributed by atoms with E-state index in [2.05, 4.69) is 40.0 Å². The maximum atomic E-state index is 11.4. The van der Waals surface area contributed by atoms with Gasteiger partial charge in [0.2, 0.25) is 0 Å². The summed E-state index contributed by atoms with van der Waals surface area (Å²) in [5.41, 5.74) is 3.27. The first-order chi connectivity index (χ1) is 9.51. The molecule has 1 heterocycles. The zero-order valence-electron chi connectivity index (χ0n) is 11.7. The summed E-state index contributed by atoms with van der Waals surface area (Å²) in [5, 5.41) is 1.99. The Morgan fingerprint density at radius 1 is 1.30 bits per heavy atom. The number of hydrogen-bond acceptors (Lipinski definition) is 4. The average Bonchev–Trinajstić information content (AvgIpc) is 2.38. The Kier molecular flexibility index (Phi) is 5.05. The second kappa shape index (κ2) is 6.59. The van der Waals surface area contributed by atoms with Crippen LogP contribution >= 0.6 is 27.7 Å². The van der Waals surface area contributed by atoms with Crippen molar-refractivity contribution in [1.29, 1.82) is 0 Å². The summed E-state index contributed by atoms with van der Waals surface area (Å²) in [5.74, 6) is 0.0889. The van der Waals surface area contributed by atoms with E-state index in [9.17, 15) is 4.79 Å². The largest absolute Gasteiger partial charge is 0.465 e. The number of ether oxygens (including phenoxy) is 1. The zero-order valence-corrected chi connectivity index (χ0v) is 14.1. The number of halogens is 1. The fourth-order valence-electron chi connectivity index (χ4n) is 2.00. The van der Waals surface area contributed by atoms with Crippen LogP contribution in [0.4, 0.5) is 0 Å². The highest BCUT2D eigenvalue weighted by Crippen LogP contribution is 2.28. The lowest BCUT2D eigenvalue weighted by atomic mass is 10.1. The number of carbonyl (C=O) groups excluding carboxylic acids is 1. The van der Waals surface area contributed by atoms with Crippen LogP contribution in [0.5, 0.6) is 0 Å². The molecular weight excluding hydrogens is 338 g/mol. The minimum Gasteiger partial charge on any atom is -0.465 e. The maximum absolute atomic E-state index is 11.4. The van der Waals surface area contributed by atoms with Gasteiger partial charge in [0.25, 0.3) is 0 Å². The molecule has 5 heteroatoms. The van der Waals surface area contributed by atoms with Crippen molar-refractivity contribution in [1.82, 2.24) is 4.98 Å². The lowest BCUT2D eigenvalue weighted by Gasteiger charge is -2.09. The summed E-state index contributed by atoms with van der Waals surface area (Å²) in [6.45, 7) is 6.32. The number of esters is 1. The number of pyridine rings is 1.